The summed E-state index contributed by atoms with van der Waals surface area (Å²) in [5.74, 6) is 0. The number of nitriles is 1. The molecule has 1 heterocycles. The van der Waals surface area contributed by atoms with Gasteiger partial charge in [0.2, 0.25) is 11.9 Å². The third-order valence-electron chi connectivity index (χ3n) is 1.86. The highest BCUT2D eigenvalue weighted by Gasteiger charge is 2.31. The van der Waals surface area contributed by atoms with Gasteiger partial charge in [0.25, 0.3) is 0 Å². The zero-order chi connectivity index (χ0) is 9.03. The second kappa shape index (κ2) is 3.65. The van der Waals surface area contributed by atoms with Gasteiger partial charge in [0.1, 0.15) is 12.4 Å². The molecule has 0 fully saturated rings. The summed E-state index contributed by atoms with van der Waals surface area (Å²) in [5, 5.41) is 10.7. The SMILES string of the molecule is C=C[N+]1(SC#N)C=CN(CC)C1. The van der Waals surface area contributed by atoms with E-state index in [1.807, 2.05) is 12.4 Å². The van der Waals surface area contributed by atoms with Crippen LogP contribution in [-0.4, -0.2) is 22.0 Å². The Bertz CT molecular complexity index is 243. The molecule has 1 aliphatic heterocycles. The van der Waals surface area contributed by atoms with Crippen molar-refractivity contribution in [1.29, 1.82) is 5.26 Å². The van der Waals surface area contributed by atoms with Crippen LogP contribution in [0.5, 0.6) is 0 Å². The number of hydrogen-bond donors (Lipinski definition) is 0. The number of thiocyanates is 1. The molecule has 1 rings (SSSR count). The molecular formula is C8H12N3S+. The molecule has 0 aromatic rings. The molecule has 12 heavy (non-hydrogen) atoms. The molecule has 0 bridgehead atoms. The van der Waals surface area contributed by atoms with E-state index < -0.39 is 0 Å². The predicted octanol–water partition coefficient (Wildman–Crippen LogP) is 1.84. The standard InChI is InChI=1S/C8H12N3S/c1-3-10-5-6-11(4-2,8-10)12-7-9/h4-6H,2-3,8H2,1H3/q+1. The Balaban J connectivity index is 2.69. The van der Waals surface area contributed by atoms with Crippen LogP contribution in [0.15, 0.2) is 25.2 Å². The Kier molecular flexibility index (Phi) is 2.79. The molecule has 0 radical (unpaired) electrons. The van der Waals surface area contributed by atoms with Gasteiger partial charge >= 0.3 is 0 Å². The molecule has 0 aromatic carbocycles. The zero-order valence-corrected chi connectivity index (χ0v) is 7.92. The van der Waals surface area contributed by atoms with E-state index in [4.69, 9.17) is 5.26 Å². The molecule has 1 unspecified atom stereocenters. The second-order valence-electron chi connectivity index (χ2n) is 2.56. The van der Waals surface area contributed by atoms with Crippen LogP contribution in [0.1, 0.15) is 6.92 Å². The summed E-state index contributed by atoms with van der Waals surface area (Å²) in [6.45, 7) is 7.58. The van der Waals surface area contributed by atoms with Gasteiger partial charge in [-0.2, -0.15) is 9.15 Å². The normalized spacial score (nSPS) is 27.2. The fourth-order valence-corrected chi connectivity index (χ4v) is 1.63. The van der Waals surface area contributed by atoms with Crippen LogP contribution in [0.25, 0.3) is 0 Å². The quantitative estimate of drug-likeness (QED) is 0.378. The molecule has 0 saturated carbocycles. The Hall–Kier alpha value is -0.920. The first-order chi connectivity index (χ1) is 5.76. The van der Waals surface area contributed by atoms with Crippen LogP contribution in [0.3, 0.4) is 0 Å². The van der Waals surface area contributed by atoms with E-state index in [2.05, 4.69) is 23.8 Å². The van der Waals surface area contributed by atoms with Crippen molar-refractivity contribution in [1.82, 2.24) is 4.90 Å². The Morgan fingerprint density at radius 1 is 1.92 bits per heavy atom. The highest BCUT2D eigenvalue weighted by molar-refractivity contribution is 7.98. The monoisotopic (exact) mass is 182 g/mol. The van der Waals surface area contributed by atoms with Crippen molar-refractivity contribution in [2.24, 2.45) is 0 Å². The van der Waals surface area contributed by atoms with Crippen LogP contribution in [-0.2, 0) is 0 Å². The summed E-state index contributed by atoms with van der Waals surface area (Å²) in [5.41, 5.74) is 0. The maximum Gasteiger partial charge on any atom is 0.207 e. The van der Waals surface area contributed by atoms with Crippen molar-refractivity contribution in [3.8, 4) is 5.40 Å². The maximum atomic E-state index is 8.58. The smallest absolute Gasteiger partial charge is 0.207 e. The van der Waals surface area contributed by atoms with E-state index in [9.17, 15) is 0 Å². The van der Waals surface area contributed by atoms with E-state index >= 15 is 0 Å². The lowest BCUT2D eigenvalue weighted by atomic mass is 10.6. The van der Waals surface area contributed by atoms with Gasteiger partial charge in [-0.05, 0) is 13.5 Å². The minimum absolute atomic E-state index is 0.477. The second-order valence-corrected chi connectivity index (χ2v) is 3.61. The maximum absolute atomic E-state index is 8.58. The van der Waals surface area contributed by atoms with Gasteiger partial charge in [0, 0.05) is 6.54 Å². The van der Waals surface area contributed by atoms with E-state index in [1.165, 1.54) is 11.9 Å². The van der Waals surface area contributed by atoms with E-state index in [1.54, 1.807) is 6.20 Å². The topological polar surface area (TPSA) is 27.0 Å². The Labute approximate surface area is 77.3 Å². The molecule has 64 valence electrons. The lowest BCUT2D eigenvalue weighted by Gasteiger charge is -2.22. The fourth-order valence-electron chi connectivity index (χ4n) is 1.08. The van der Waals surface area contributed by atoms with E-state index in [0.29, 0.717) is 3.89 Å². The van der Waals surface area contributed by atoms with Crippen molar-refractivity contribution in [3.05, 3.63) is 25.2 Å². The molecule has 4 heteroatoms. The summed E-state index contributed by atoms with van der Waals surface area (Å²) in [6.07, 6.45) is 5.76. The van der Waals surface area contributed by atoms with Crippen molar-refractivity contribution in [3.63, 3.8) is 0 Å². The molecular weight excluding hydrogens is 170 g/mol. The molecule has 1 atom stereocenters. The van der Waals surface area contributed by atoms with Crippen LogP contribution in [0, 0.1) is 10.7 Å². The van der Waals surface area contributed by atoms with Gasteiger partial charge in [0.15, 0.2) is 12.1 Å². The molecule has 0 aromatic heterocycles. The van der Waals surface area contributed by atoms with E-state index in [-0.39, 0.29) is 0 Å². The summed E-state index contributed by atoms with van der Waals surface area (Å²) >= 11 is 1.20. The summed E-state index contributed by atoms with van der Waals surface area (Å²) in [7, 11) is 0. The molecule has 0 aliphatic carbocycles. The first-order valence-electron chi connectivity index (χ1n) is 3.78. The Morgan fingerprint density at radius 3 is 3.08 bits per heavy atom. The number of rotatable bonds is 3. The van der Waals surface area contributed by atoms with Crippen molar-refractivity contribution in [2.75, 3.05) is 13.2 Å². The predicted molar refractivity (Wildman–Crippen MR) is 50.0 cm³/mol. The van der Waals surface area contributed by atoms with Gasteiger partial charge in [-0.25, -0.2) is 0 Å². The van der Waals surface area contributed by atoms with Gasteiger partial charge < -0.3 is 4.90 Å². The van der Waals surface area contributed by atoms with E-state index in [0.717, 1.165) is 13.2 Å². The third-order valence-corrected chi connectivity index (χ3v) is 2.67. The highest BCUT2D eigenvalue weighted by atomic mass is 32.2. The molecule has 3 nitrogen and oxygen atoms in total. The molecule has 0 amide bonds. The van der Waals surface area contributed by atoms with Crippen molar-refractivity contribution in [2.45, 2.75) is 6.92 Å². The average Bonchev–Trinajstić information content (AvgIpc) is 2.50. The summed E-state index contributed by atoms with van der Waals surface area (Å²) in [4.78, 5) is 2.14. The van der Waals surface area contributed by atoms with Gasteiger partial charge in [-0.3, -0.25) is 0 Å². The van der Waals surface area contributed by atoms with Crippen LogP contribution < -0.4 is 0 Å². The average molecular weight is 182 g/mol. The third kappa shape index (κ3) is 1.63. The van der Waals surface area contributed by atoms with Gasteiger partial charge in [-0.1, -0.05) is 0 Å². The number of hydrogen-bond acceptors (Lipinski definition) is 3. The highest BCUT2D eigenvalue weighted by Crippen LogP contribution is 2.28. The van der Waals surface area contributed by atoms with Crippen molar-refractivity contribution < 1.29 is 3.89 Å². The first kappa shape index (κ1) is 9.17. The van der Waals surface area contributed by atoms with Gasteiger partial charge in [0.05, 0.1) is 6.20 Å². The summed E-state index contributed by atoms with van der Waals surface area (Å²) < 4.78 is 0.477. The minimum atomic E-state index is 0.477. The number of quaternary nitrogens is 1. The lowest BCUT2D eigenvalue weighted by Crippen LogP contribution is -2.32. The van der Waals surface area contributed by atoms with Crippen LogP contribution in [0.4, 0.5) is 0 Å². The molecule has 0 spiro atoms. The van der Waals surface area contributed by atoms with Crippen molar-refractivity contribution >= 4 is 11.9 Å². The number of nitrogens with zero attached hydrogens (tertiary/aromatic N) is 3. The molecule has 0 N–H and O–H groups in total. The summed E-state index contributed by atoms with van der Waals surface area (Å²) in [6, 6.07) is 0. The minimum Gasteiger partial charge on any atom is -0.325 e. The van der Waals surface area contributed by atoms with Gasteiger partial charge in [-0.15, -0.1) is 0 Å². The van der Waals surface area contributed by atoms with Crippen LogP contribution >= 0.6 is 11.9 Å². The molecule has 1 aliphatic rings. The largest absolute Gasteiger partial charge is 0.325 e. The van der Waals surface area contributed by atoms with Crippen LogP contribution in [0.2, 0.25) is 0 Å². The first-order valence-corrected chi connectivity index (χ1v) is 4.56. The molecule has 0 saturated heterocycles. The fraction of sp³-hybridized carbons (Fsp3) is 0.375. The lowest BCUT2D eigenvalue weighted by molar-refractivity contribution is -0.682. The Morgan fingerprint density at radius 2 is 2.67 bits per heavy atom. The zero-order valence-electron chi connectivity index (χ0n) is 7.10.